The molecule has 2 aromatic carbocycles. The fourth-order valence-corrected chi connectivity index (χ4v) is 2.74. The Kier molecular flexibility index (Phi) is 6.30. The third kappa shape index (κ3) is 4.88. The second-order valence-electron chi connectivity index (χ2n) is 5.02. The van der Waals surface area contributed by atoms with Gasteiger partial charge in [0.05, 0.1) is 12.8 Å². The predicted octanol–water partition coefficient (Wildman–Crippen LogP) is 4.78. The van der Waals surface area contributed by atoms with Crippen molar-refractivity contribution in [3.63, 3.8) is 0 Å². The van der Waals surface area contributed by atoms with E-state index in [1.54, 1.807) is 12.1 Å². The Bertz CT molecular complexity index is 707. The Morgan fingerprint density at radius 1 is 1.30 bits per heavy atom. The Balaban J connectivity index is 1.93. The van der Waals surface area contributed by atoms with Crippen LogP contribution in [0.15, 0.2) is 40.9 Å². The van der Waals surface area contributed by atoms with Crippen molar-refractivity contribution in [2.45, 2.75) is 13.3 Å². The van der Waals surface area contributed by atoms with E-state index in [2.05, 4.69) is 26.6 Å². The summed E-state index contributed by atoms with van der Waals surface area (Å²) in [6, 6.07) is 11.1. The van der Waals surface area contributed by atoms with Crippen LogP contribution in [0.4, 0.5) is 10.5 Å². The molecular formula is C17H18BrClN2O2. The molecule has 122 valence electrons. The second kappa shape index (κ2) is 8.22. The molecule has 0 bridgehead atoms. The Labute approximate surface area is 149 Å². The lowest BCUT2D eigenvalue weighted by atomic mass is 10.1. The summed E-state index contributed by atoms with van der Waals surface area (Å²) in [5, 5.41) is 6.22. The number of methoxy groups -OCH3 is 1. The molecule has 0 aliphatic rings. The first-order valence-electron chi connectivity index (χ1n) is 7.13. The van der Waals surface area contributed by atoms with Crippen molar-refractivity contribution in [1.82, 2.24) is 5.32 Å². The van der Waals surface area contributed by atoms with Gasteiger partial charge < -0.3 is 15.4 Å². The highest BCUT2D eigenvalue weighted by molar-refractivity contribution is 9.10. The molecule has 0 aliphatic heterocycles. The molecule has 0 saturated heterocycles. The fraction of sp³-hybridized carbons (Fsp3) is 0.235. The lowest BCUT2D eigenvalue weighted by Gasteiger charge is -2.13. The van der Waals surface area contributed by atoms with Crippen molar-refractivity contribution < 1.29 is 9.53 Å². The molecule has 2 aromatic rings. The van der Waals surface area contributed by atoms with Gasteiger partial charge in [-0.05, 0) is 36.6 Å². The molecule has 0 atom stereocenters. The molecular weight excluding hydrogens is 380 g/mol. The minimum absolute atomic E-state index is 0.280. The lowest BCUT2D eigenvalue weighted by Crippen LogP contribution is -2.30. The molecule has 0 radical (unpaired) electrons. The van der Waals surface area contributed by atoms with Gasteiger partial charge in [0.2, 0.25) is 0 Å². The molecule has 0 aliphatic carbocycles. The smallest absolute Gasteiger partial charge is 0.319 e. The van der Waals surface area contributed by atoms with Crippen LogP contribution in [0.3, 0.4) is 0 Å². The number of anilines is 1. The summed E-state index contributed by atoms with van der Waals surface area (Å²) in [7, 11) is 1.54. The van der Waals surface area contributed by atoms with Gasteiger partial charge >= 0.3 is 6.03 Å². The van der Waals surface area contributed by atoms with E-state index in [1.165, 1.54) is 7.11 Å². The molecule has 0 unspecified atom stereocenters. The number of rotatable bonds is 5. The third-order valence-corrected chi connectivity index (χ3v) is 4.55. The first-order chi connectivity index (χ1) is 11.0. The van der Waals surface area contributed by atoms with Gasteiger partial charge in [-0.25, -0.2) is 4.79 Å². The number of halogens is 2. The zero-order valence-corrected chi connectivity index (χ0v) is 15.3. The van der Waals surface area contributed by atoms with Crippen LogP contribution >= 0.6 is 27.5 Å². The average molecular weight is 398 g/mol. The minimum Gasteiger partial charge on any atom is -0.495 e. The van der Waals surface area contributed by atoms with Gasteiger partial charge in [-0.2, -0.15) is 0 Å². The largest absolute Gasteiger partial charge is 0.495 e. The maximum atomic E-state index is 12.0. The molecule has 23 heavy (non-hydrogen) atoms. The highest BCUT2D eigenvalue weighted by atomic mass is 79.9. The van der Waals surface area contributed by atoms with E-state index in [0.717, 1.165) is 22.0 Å². The summed E-state index contributed by atoms with van der Waals surface area (Å²) in [6.07, 6.45) is 0.742. The first-order valence-corrected chi connectivity index (χ1v) is 8.30. The third-order valence-electron chi connectivity index (χ3n) is 3.37. The monoisotopic (exact) mass is 396 g/mol. The summed E-state index contributed by atoms with van der Waals surface area (Å²) >= 11 is 9.55. The van der Waals surface area contributed by atoms with Crippen molar-refractivity contribution in [3.8, 4) is 5.75 Å². The highest BCUT2D eigenvalue weighted by Crippen LogP contribution is 2.30. The number of urea groups is 1. The predicted molar refractivity (Wildman–Crippen MR) is 97.6 cm³/mol. The summed E-state index contributed by atoms with van der Waals surface area (Å²) in [4.78, 5) is 12.0. The molecule has 0 fully saturated rings. The van der Waals surface area contributed by atoms with Crippen molar-refractivity contribution in [3.05, 3.63) is 57.0 Å². The zero-order valence-electron chi connectivity index (χ0n) is 13.0. The Hall–Kier alpha value is -1.72. The number of hydrogen-bond acceptors (Lipinski definition) is 2. The van der Waals surface area contributed by atoms with Crippen LogP contribution < -0.4 is 15.4 Å². The van der Waals surface area contributed by atoms with Gasteiger partial charge in [0.25, 0.3) is 0 Å². The van der Waals surface area contributed by atoms with E-state index in [-0.39, 0.29) is 6.03 Å². The fourth-order valence-electron chi connectivity index (χ4n) is 2.11. The second-order valence-corrected chi connectivity index (χ2v) is 6.29. The van der Waals surface area contributed by atoms with Gasteiger partial charge in [-0.15, -0.1) is 0 Å². The zero-order chi connectivity index (χ0) is 16.8. The number of amides is 2. The Morgan fingerprint density at radius 2 is 2.04 bits per heavy atom. The number of carbonyl (C=O) groups is 1. The van der Waals surface area contributed by atoms with Gasteiger partial charge in [0.15, 0.2) is 0 Å². The molecule has 0 saturated carbocycles. The molecule has 4 nitrogen and oxygen atoms in total. The van der Waals surface area contributed by atoms with E-state index in [4.69, 9.17) is 16.3 Å². The normalized spacial score (nSPS) is 10.3. The summed E-state index contributed by atoms with van der Waals surface area (Å²) < 4.78 is 6.28. The van der Waals surface area contributed by atoms with Crippen molar-refractivity contribution >= 4 is 39.2 Å². The topological polar surface area (TPSA) is 50.4 Å². The van der Waals surface area contributed by atoms with Gasteiger partial charge in [-0.3, -0.25) is 0 Å². The van der Waals surface area contributed by atoms with E-state index < -0.39 is 0 Å². The first kappa shape index (κ1) is 17.6. The van der Waals surface area contributed by atoms with E-state index in [9.17, 15) is 4.79 Å². The van der Waals surface area contributed by atoms with Gasteiger partial charge in [-0.1, -0.05) is 45.7 Å². The van der Waals surface area contributed by atoms with Crippen LogP contribution in [-0.2, 0) is 6.42 Å². The number of hydrogen-bond donors (Lipinski definition) is 2. The van der Waals surface area contributed by atoms with Crippen LogP contribution in [-0.4, -0.2) is 19.7 Å². The quantitative estimate of drug-likeness (QED) is 0.762. The summed E-state index contributed by atoms with van der Waals surface area (Å²) in [6.45, 7) is 2.40. The molecule has 0 aromatic heterocycles. The maximum Gasteiger partial charge on any atom is 0.319 e. The van der Waals surface area contributed by atoms with Crippen molar-refractivity contribution in [2.24, 2.45) is 0 Å². The van der Waals surface area contributed by atoms with Crippen LogP contribution in [0, 0.1) is 6.92 Å². The van der Waals surface area contributed by atoms with Crippen LogP contribution in [0.1, 0.15) is 11.1 Å². The highest BCUT2D eigenvalue weighted by Gasteiger charge is 2.10. The molecule has 2 rings (SSSR count). The van der Waals surface area contributed by atoms with Crippen molar-refractivity contribution in [2.75, 3.05) is 19.0 Å². The number of nitrogens with one attached hydrogen (secondary N) is 2. The average Bonchev–Trinajstić information content (AvgIpc) is 2.52. The number of benzene rings is 2. The van der Waals surface area contributed by atoms with Gasteiger partial charge in [0.1, 0.15) is 5.75 Å². The Morgan fingerprint density at radius 3 is 2.74 bits per heavy atom. The van der Waals surface area contributed by atoms with Gasteiger partial charge in [0, 0.05) is 22.1 Å². The summed E-state index contributed by atoms with van der Waals surface area (Å²) in [5.74, 6) is 0.529. The van der Waals surface area contributed by atoms with Crippen LogP contribution in [0.2, 0.25) is 5.02 Å². The number of ether oxygens (including phenoxy) is 1. The molecule has 2 amide bonds. The standard InChI is InChI=1S/C17H18BrClN2O2/c1-11-9-15(16(23-2)10-14(11)19)21-17(22)20-8-7-12-5-3-4-6-13(12)18/h3-6,9-10H,7-8H2,1-2H3,(H2,20,21,22). The minimum atomic E-state index is -0.280. The van der Waals surface area contributed by atoms with E-state index in [1.807, 2.05) is 31.2 Å². The van der Waals surface area contributed by atoms with Crippen LogP contribution in [0.25, 0.3) is 0 Å². The molecule has 2 N–H and O–H groups in total. The molecule has 0 spiro atoms. The number of carbonyl (C=O) groups excluding carboxylic acids is 1. The molecule has 0 heterocycles. The SMILES string of the molecule is COc1cc(Cl)c(C)cc1NC(=O)NCCc1ccccc1Br. The lowest BCUT2D eigenvalue weighted by molar-refractivity contribution is 0.252. The molecule has 6 heteroatoms. The summed E-state index contributed by atoms with van der Waals surface area (Å²) in [5.41, 5.74) is 2.61. The van der Waals surface area contributed by atoms with E-state index >= 15 is 0 Å². The number of aryl methyl sites for hydroxylation is 1. The maximum absolute atomic E-state index is 12.0. The van der Waals surface area contributed by atoms with Crippen molar-refractivity contribution in [1.29, 1.82) is 0 Å². The van der Waals surface area contributed by atoms with E-state index in [0.29, 0.717) is 23.0 Å². The van der Waals surface area contributed by atoms with Crippen LogP contribution in [0.5, 0.6) is 5.75 Å².